The van der Waals surface area contributed by atoms with Crippen molar-refractivity contribution < 1.29 is 18.0 Å². The molecule has 1 aromatic heterocycles. The number of carbonyl (C=O) groups is 1. The maximum atomic E-state index is 13.9. The van der Waals surface area contributed by atoms with Crippen molar-refractivity contribution in [2.75, 3.05) is 32.1 Å². The van der Waals surface area contributed by atoms with Crippen LogP contribution in [0.15, 0.2) is 30.3 Å². The first-order chi connectivity index (χ1) is 13.6. The minimum absolute atomic E-state index is 0.0294. The summed E-state index contributed by atoms with van der Waals surface area (Å²) in [7, 11) is 3.33. The van der Waals surface area contributed by atoms with Gasteiger partial charge in [-0.05, 0) is 25.0 Å². The molecule has 2 aromatic rings. The van der Waals surface area contributed by atoms with Crippen molar-refractivity contribution in [3.05, 3.63) is 41.6 Å². The molecule has 160 valence electrons. The molecule has 0 aliphatic rings. The lowest BCUT2D eigenvalue weighted by Gasteiger charge is -2.26. The minimum atomic E-state index is -4.65. The van der Waals surface area contributed by atoms with E-state index in [2.05, 4.69) is 10.4 Å². The van der Waals surface area contributed by atoms with Crippen LogP contribution in [0.4, 0.5) is 23.8 Å². The number of alkyl halides is 3. The van der Waals surface area contributed by atoms with Crippen molar-refractivity contribution in [2.24, 2.45) is 5.92 Å². The maximum absolute atomic E-state index is 13.9. The lowest BCUT2D eigenvalue weighted by Crippen LogP contribution is -2.41. The largest absolute Gasteiger partial charge is 0.435 e. The predicted molar refractivity (Wildman–Crippen MR) is 107 cm³/mol. The molecule has 0 radical (unpaired) electrons. The molecule has 29 heavy (non-hydrogen) atoms. The fraction of sp³-hybridized carbons (Fsp3) is 0.500. The summed E-state index contributed by atoms with van der Waals surface area (Å²) in [5.41, 5.74) is -0.497. The summed E-state index contributed by atoms with van der Waals surface area (Å²) in [6, 6.07) is 8.25. The van der Waals surface area contributed by atoms with E-state index in [1.807, 2.05) is 13.8 Å². The monoisotopic (exact) mass is 411 g/mol. The zero-order valence-corrected chi connectivity index (χ0v) is 17.4. The second-order valence-electron chi connectivity index (χ2n) is 7.40. The Bertz CT molecular complexity index is 816. The molecule has 0 aliphatic carbocycles. The minimum Gasteiger partial charge on any atom is -0.362 e. The molecule has 6 nitrogen and oxygen atoms in total. The van der Waals surface area contributed by atoms with Gasteiger partial charge >= 0.3 is 12.2 Å². The number of halogens is 3. The van der Waals surface area contributed by atoms with Gasteiger partial charge in [0.1, 0.15) is 5.82 Å². The molecule has 0 aliphatic heterocycles. The van der Waals surface area contributed by atoms with Crippen LogP contribution in [0.3, 0.4) is 0 Å². The predicted octanol–water partition coefficient (Wildman–Crippen LogP) is 4.14. The molecule has 0 spiro atoms. The van der Waals surface area contributed by atoms with Crippen LogP contribution in [-0.2, 0) is 12.7 Å². The van der Waals surface area contributed by atoms with Crippen molar-refractivity contribution in [1.29, 1.82) is 0 Å². The van der Waals surface area contributed by atoms with E-state index in [1.54, 1.807) is 56.3 Å². The van der Waals surface area contributed by atoms with Crippen molar-refractivity contribution in [2.45, 2.75) is 33.5 Å². The smallest absolute Gasteiger partial charge is 0.362 e. The maximum Gasteiger partial charge on any atom is 0.435 e. The molecule has 0 atom stereocenters. The van der Waals surface area contributed by atoms with Gasteiger partial charge < -0.3 is 15.1 Å². The van der Waals surface area contributed by atoms with Crippen LogP contribution in [0.2, 0.25) is 0 Å². The number of nitrogens with one attached hydrogen (secondary N) is 1. The number of rotatable bonds is 7. The summed E-state index contributed by atoms with van der Waals surface area (Å²) in [6.45, 7) is 6.12. The number of nitrogens with zero attached hydrogens (tertiary/aromatic N) is 4. The highest BCUT2D eigenvalue weighted by Crippen LogP contribution is 2.37. The van der Waals surface area contributed by atoms with Crippen LogP contribution >= 0.6 is 0 Å². The topological polar surface area (TPSA) is 53.4 Å². The zero-order valence-electron chi connectivity index (χ0n) is 17.4. The van der Waals surface area contributed by atoms with Gasteiger partial charge in [0.15, 0.2) is 5.69 Å². The van der Waals surface area contributed by atoms with E-state index < -0.39 is 17.9 Å². The van der Waals surface area contributed by atoms with E-state index in [9.17, 15) is 18.0 Å². The van der Waals surface area contributed by atoms with Gasteiger partial charge in [0.2, 0.25) is 0 Å². The van der Waals surface area contributed by atoms with Gasteiger partial charge in [-0.3, -0.25) is 0 Å². The van der Waals surface area contributed by atoms with Crippen molar-refractivity contribution in [3.63, 3.8) is 0 Å². The van der Waals surface area contributed by atoms with Gasteiger partial charge in [-0.15, -0.1) is 0 Å². The van der Waals surface area contributed by atoms with Crippen LogP contribution < -0.4 is 10.2 Å². The summed E-state index contributed by atoms with van der Waals surface area (Å²) in [5.74, 6) is 0.389. The Labute approximate surface area is 169 Å². The van der Waals surface area contributed by atoms with Crippen LogP contribution in [-0.4, -0.2) is 47.9 Å². The molecule has 2 rings (SSSR count). The first-order valence-electron chi connectivity index (χ1n) is 9.50. The van der Waals surface area contributed by atoms with Gasteiger partial charge in [-0.1, -0.05) is 32.0 Å². The van der Waals surface area contributed by atoms with E-state index in [0.29, 0.717) is 24.6 Å². The molecular formula is C20H28F3N5O. The molecule has 9 heteroatoms. The number of para-hydroxylation sites is 1. The average molecular weight is 411 g/mol. The highest BCUT2D eigenvalue weighted by Gasteiger charge is 2.40. The fourth-order valence-electron chi connectivity index (χ4n) is 3.14. The number of anilines is 1. The van der Waals surface area contributed by atoms with E-state index >= 15 is 0 Å². The molecule has 1 heterocycles. The molecule has 0 bridgehead atoms. The van der Waals surface area contributed by atoms with Crippen LogP contribution in [0.5, 0.6) is 0 Å². The summed E-state index contributed by atoms with van der Waals surface area (Å²) in [4.78, 5) is 15.5. The molecule has 0 saturated heterocycles. The second-order valence-corrected chi connectivity index (χ2v) is 7.40. The summed E-state index contributed by atoms with van der Waals surface area (Å²) >= 11 is 0. The van der Waals surface area contributed by atoms with E-state index in [1.165, 1.54) is 9.58 Å². The van der Waals surface area contributed by atoms with Crippen LogP contribution in [0, 0.1) is 5.92 Å². The zero-order chi connectivity index (χ0) is 21.8. The molecule has 0 fully saturated rings. The Balaban J connectivity index is 2.64. The van der Waals surface area contributed by atoms with Gasteiger partial charge in [0.25, 0.3) is 0 Å². The number of benzene rings is 1. The summed E-state index contributed by atoms with van der Waals surface area (Å²) in [5, 5.41) is 6.58. The molecular weight excluding hydrogens is 383 g/mol. The Morgan fingerprint density at radius 2 is 1.83 bits per heavy atom. The Hall–Kier alpha value is -2.71. The molecule has 0 saturated carbocycles. The lowest BCUT2D eigenvalue weighted by molar-refractivity contribution is -0.142. The first kappa shape index (κ1) is 22.6. The molecule has 0 unspecified atom stereocenters. The summed E-state index contributed by atoms with van der Waals surface area (Å²) < 4.78 is 42.9. The highest BCUT2D eigenvalue weighted by atomic mass is 19.4. The van der Waals surface area contributed by atoms with E-state index in [0.717, 1.165) is 0 Å². The Morgan fingerprint density at radius 1 is 1.21 bits per heavy atom. The Kier molecular flexibility index (Phi) is 7.16. The summed E-state index contributed by atoms with van der Waals surface area (Å²) in [6.07, 6.45) is -4.65. The number of urea groups is 1. The second kappa shape index (κ2) is 9.19. The molecule has 1 aromatic carbocycles. The van der Waals surface area contributed by atoms with E-state index in [4.69, 9.17) is 0 Å². The van der Waals surface area contributed by atoms with Gasteiger partial charge in [0, 0.05) is 32.7 Å². The third kappa shape index (κ3) is 5.42. The first-order valence-corrected chi connectivity index (χ1v) is 9.50. The van der Waals surface area contributed by atoms with Crippen LogP contribution in [0.25, 0.3) is 5.69 Å². The number of aromatic nitrogens is 2. The third-order valence-electron chi connectivity index (χ3n) is 4.20. The van der Waals surface area contributed by atoms with Crippen LogP contribution in [0.1, 0.15) is 32.0 Å². The van der Waals surface area contributed by atoms with Gasteiger partial charge in [-0.2, -0.15) is 18.3 Å². The lowest BCUT2D eigenvalue weighted by atomic mass is 10.1. The third-order valence-corrected chi connectivity index (χ3v) is 4.20. The van der Waals surface area contributed by atoms with Gasteiger partial charge in [0.05, 0.1) is 12.2 Å². The molecule has 1 N–H and O–H groups in total. The normalized spacial score (nSPS) is 11.6. The number of carbonyl (C=O) groups excluding carboxylic acids is 1. The number of amides is 2. The van der Waals surface area contributed by atoms with Gasteiger partial charge in [-0.25, -0.2) is 9.48 Å². The van der Waals surface area contributed by atoms with Crippen molar-refractivity contribution in [3.8, 4) is 5.69 Å². The number of hydrogen-bond acceptors (Lipinski definition) is 3. The SMILES string of the molecule is CCNC(=O)N(Cc1c(C(F)(F)F)nn(-c2ccccc2)c1N(C)C)CC(C)C. The molecule has 2 amide bonds. The van der Waals surface area contributed by atoms with Crippen molar-refractivity contribution >= 4 is 11.8 Å². The quantitative estimate of drug-likeness (QED) is 0.745. The Morgan fingerprint density at radius 3 is 2.31 bits per heavy atom. The van der Waals surface area contributed by atoms with E-state index in [-0.39, 0.29) is 18.0 Å². The standard InChI is InChI=1S/C20H28F3N5O/c1-6-24-19(29)27(12-14(2)3)13-16-17(20(21,22)23)25-28(18(16)26(4)5)15-10-8-7-9-11-15/h7-11,14H,6,12-13H2,1-5H3,(H,24,29). The average Bonchev–Trinajstić information content (AvgIpc) is 3.01. The highest BCUT2D eigenvalue weighted by molar-refractivity contribution is 5.74. The number of hydrogen-bond donors (Lipinski definition) is 1. The van der Waals surface area contributed by atoms with Crippen molar-refractivity contribution in [1.82, 2.24) is 20.0 Å². The fourth-order valence-corrected chi connectivity index (χ4v) is 3.14.